The Labute approximate surface area is 123 Å². The van der Waals surface area contributed by atoms with Crippen LogP contribution in [-0.2, 0) is 11.3 Å². The maximum absolute atomic E-state index is 5.72. The lowest BCUT2D eigenvalue weighted by atomic mass is 9.80. The van der Waals surface area contributed by atoms with E-state index in [4.69, 9.17) is 21.7 Å². The third kappa shape index (κ3) is 2.15. The number of imidazole rings is 1. The van der Waals surface area contributed by atoms with E-state index in [2.05, 4.69) is 15.6 Å². The molecule has 1 aliphatic carbocycles. The first-order chi connectivity index (χ1) is 9.69. The van der Waals surface area contributed by atoms with Crippen LogP contribution in [0.15, 0.2) is 18.2 Å². The van der Waals surface area contributed by atoms with E-state index in [-0.39, 0.29) is 5.60 Å². The second kappa shape index (κ2) is 5.22. The SMILES string of the molecule is CCOc1cccc2c1[nH]c(=S)n2CC1(OC)CCC1. The molecule has 0 atom stereocenters. The number of aromatic nitrogens is 2. The summed E-state index contributed by atoms with van der Waals surface area (Å²) in [6, 6.07) is 6.05. The van der Waals surface area contributed by atoms with E-state index in [0.29, 0.717) is 6.61 Å². The number of H-pyrrole nitrogens is 1. The molecular formula is C15H20N2O2S. The molecule has 0 radical (unpaired) electrons. The van der Waals surface area contributed by atoms with Crippen molar-refractivity contribution in [3.8, 4) is 5.75 Å². The fourth-order valence-electron chi connectivity index (χ4n) is 2.87. The van der Waals surface area contributed by atoms with E-state index in [1.165, 1.54) is 6.42 Å². The van der Waals surface area contributed by atoms with E-state index in [1.807, 2.05) is 19.1 Å². The molecule has 5 heteroatoms. The van der Waals surface area contributed by atoms with E-state index in [1.54, 1.807) is 7.11 Å². The Morgan fingerprint density at radius 1 is 1.40 bits per heavy atom. The molecule has 20 heavy (non-hydrogen) atoms. The highest BCUT2D eigenvalue weighted by molar-refractivity contribution is 7.71. The van der Waals surface area contributed by atoms with Gasteiger partial charge in [-0.1, -0.05) is 6.07 Å². The van der Waals surface area contributed by atoms with Gasteiger partial charge in [-0.3, -0.25) is 0 Å². The average molecular weight is 292 g/mol. The predicted molar refractivity (Wildman–Crippen MR) is 81.9 cm³/mol. The van der Waals surface area contributed by atoms with E-state index in [0.717, 1.165) is 40.9 Å². The van der Waals surface area contributed by atoms with E-state index >= 15 is 0 Å². The van der Waals surface area contributed by atoms with Crippen molar-refractivity contribution in [3.05, 3.63) is 23.0 Å². The molecule has 0 amide bonds. The predicted octanol–water partition coefficient (Wildman–Crippen LogP) is 3.67. The Kier molecular flexibility index (Phi) is 3.56. The quantitative estimate of drug-likeness (QED) is 0.855. The molecule has 1 heterocycles. The van der Waals surface area contributed by atoms with Crippen molar-refractivity contribution in [2.45, 2.75) is 38.3 Å². The van der Waals surface area contributed by atoms with Crippen molar-refractivity contribution >= 4 is 23.3 Å². The molecule has 2 aromatic rings. The smallest absolute Gasteiger partial charge is 0.178 e. The standard InChI is InChI=1S/C15H20N2O2S/c1-3-19-12-7-4-6-11-13(12)16-14(20)17(11)10-15(18-2)8-5-9-15/h4,6-7H,3,5,8-10H2,1-2H3,(H,16,20). The third-order valence-electron chi connectivity index (χ3n) is 4.22. The molecule has 1 aromatic heterocycles. The second-order valence-electron chi connectivity index (χ2n) is 5.34. The number of benzene rings is 1. The summed E-state index contributed by atoms with van der Waals surface area (Å²) in [6.45, 7) is 3.43. The minimum absolute atomic E-state index is 0.0467. The molecule has 1 saturated carbocycles. The van der Waals surface area contributed by atoms with Crippen LogP contribution in [0.1, 0.15) is 26.2 Å². The van der Waals surface area contributed by atoms with Crippen LogP contribution in [0.4, 0.5) is 0 Å². The molecule has 1 aliphatic rings. The summed E-state index contributed by atoms with van der Waals surface area (Å²) >= 11 is 5.48. The number of nitrogens with one attached hydrogen (secondary N) is 1. The van der Waals surface area contributed by atoms with Crippen molar-refractivity contribution in [3.63, 3.8) is 0 Å². The normalized spacial score (nSPS) is 17.1. The maximum Gasteiger partial charge on any atom is 0.178 e. The monoisotopic (exact) mass is 292 g/mol. The Hall–Kier alpha value is -1.33. The van der Waals surface area contributed by atoms with Gasteiger partial charge >= 0.3 is 0 Å². The fraction of sp³-hybridized carbons (Fsp3) is 0.533. The Morgan fingerprint density at radius 3 is 2.80 bits per heavy atom. The van der Waals surface area contributed by atoms with Gasteiger partial charge in [-0.15, -0.1) is 0 Å². The average Bonchev–Trinajstić information content (AvgIpc) is 2.72. The van der Waals surface area contributed by atoms with Gasteiger partial charge in [-0.25, -0.2) is 0 Å². The molecule has 0 saturated heterocycles. The van der Waals surface area contributed by atoms with Gasteiger partial charge in [0.1, 0.15) is 11.3 Å². The molecular weight excluding hydrogens is 272 g/mol. The topological polar surface area (TPSA) is 39.2 Å². The molecule has 0 spiro atoms. The minimum Gasteiger partial charge on any atom is -0.492 e. The van der Waals surface area contributed by atoms with Crippen LogP contribution >= 0.6 is 12.2 Å². The Balaban J connectivity index is 2.05. The highest BCUT2D eigenvalue weighted by Crippen LogP contribution is 2.37. The minimum atomic E-state index is -0.0467. The summed E-state index contributed by atoms with van der Waals surface area (Å²) in [5.41, 5.74) is 2.02. The molecule has 0 bridgehead atoms. The van der Waals surface area contributed by atoms with Crippen LogP contribution < -0.4 is 4.74 Å². The maximum atomic E-state index is 5.72. The number of ether oxygens (including phenoxy) is 2. The highest BCUT2D eigenvalue weighted by atomic mass is 32.1. The van der Waals surface area contributed by atoms with Gasteiger partial charge in [-0.2, -0.15) is 0 Å². The van der Waals surface area contributed by atoms with Crippen molar-refractivity contribution in [1.82, 2.24) is 9.55 Å². The summed E-state index contributed by atoms with van der Waals surface area (Å²) in [7, 11) is 1.79. The Morgan fingerprint density at radius 2 is 2.20 bits per heavy atom. The molecule has 0 unspecified atom stereocenters. The lowest BCUT2D eigenvalue weighted by molar-refractivity contribution is -0.0830. The fourth-order valence-corrected chi connectivity index (χ4v) is 3.14. The summed E-state index contributed by atoms with van der Waals surface area (Å²) in [5.74, 6) is 0.856. The summed E-state index contributed by atoms with van der Waals surface area (Å²) in [5, 5.41) is 0. The molecule has 1 fully saturated rings. The van der Waals surface area contributed by atoms with Crippen LogP contribution in [0.2, 0.25) is 0 Å². The van der Waals surface area contributed by atoms with Gasteiger partial charge in [0.05, 0.1) is 24.3 Å². The van der Waals surface area contributed by atoms with Crippen LogP contribution in [0, 0.1) is 4.77 Å². The van der Waals surface area contributed by atoms with Gasteiger partial charge in [0.2, 0.25) is 0 Å². The van der Waals surface area contributed by atoms with Crippen LogP contribution in [0.5, 0.6) is 5.75 Å². The zero-order chi connectivity index (χ0) is 14.2. The number of nitrogens with zero attached hydrogens (tertiary/aromatic N) is 1. The number of para-hydroxylation sites is 1. The molecule has 1 N–H and O–H groups in total. The third-order valence-corrected chi connectivity index (χ3v) is 4.54. The van der Waals surface area contributed by atoms with Gasteiger partial charge in [0.25, 0.3) is 0 Å². The molecule has 0 aliphatic heterocycles. The van der Waals surface area contributed by atoms with Crippen molar-refractivity contribution < 1.29 is 9.47 Å². The zero-order valence-corrected chi connectivity index (χ0v) is 12.8. The number of hydrogen-bond donors (Lipinski definition) is 1. The number of methoxy groups -OCH3 is 1. The van der Waals surface area contributed by atoms with Gasteiger partial charge in [-0.05, 0) is 50.5 Å². The second-order valence-corrected chi connectivity index (χ2v) is 5.73. The zero-order valence-electron chi connectivity index (χ0n) is 11.9. The van der Waals surface area contributed by atoms with Gasteiger partial charge < -0.3 is 19.0 Å². The first-order valence-electron chi connectivity index (χ1n) is 7.08. The largest absolute Gasteiger partial charge is 0.492 e. The Bertz CT molecular complexity index is 665. The summed E-state index contributed by atoms with van der Waals surface area (Å²) < 4.78 is 14.2. The lowest BCUT2D eigenvalue weighted by Crippen LogP contribution is -2.43. The van der Waals surface area contributed by atoms with Crippen LogP contribution in [0.25, 0.3) is 11.0 Å². The van der Waals surface area contributed by atoms with Gasteiger partial charge in [0, 0.05) is 7.11 Å². The number of rotatable bonds is 5. The van der Waals surface area contributed by atoms with Gasteiger partial charge in [0.15, 0.2) is 4.77 Å². The van der Waals surface area contributed by atoms with Crippen molar-refractivity contribution in [2.24, 2.45) is 0 Å². The summed E-state index contributed by atoms with van der Waals surface area (Å²) in [6.07, 6.45) is 3.43. The number of aromatic amines is 1. The molecule has 4 nitrogen and oxygen atoms in total. The lowest BCUT2D eigenvalue weighted by Gasteiger charge is -2.40. The van der Waals surface area contributed by atoms with E-state index < -0.39 is 0 Å². The van der Waals surface area contributed by atoms with E-state index in [9.17, 15) is 0 Å². The number of hydrogen-bond acceptors (Lipinski definition) is 3. The van der Waals surface area contributed by atoms with Crippen molar-refractivity contribution in [2.75, 3.05) is 13.7 Å². The first kappa shape index (κ1) is 13.6. The molecule has 1 aromatic carbocycles. The first-order valence-corrected chi connectivity index (χ1v) is 7.49. The van der Waals surface area contributed by atoms with Crippen molar-refractivity contribution in [1.29, 1.82) is 0 Å². The highest BCUT2D eigenvalue weighted by Gasteiger charge is 2.37. The molecule has 108 valence electrons. The van der Waals surface area contributed by atoms with Crippen LogP contribution in [-0.4, -0.2) is 28.9 Å². The summed E-state index contributed by atoms with van der Waals surface area (Å²) in [4.78, 5) is 3.27. The van der Waals surface area contributed by atoms with Crippen LogP contribution in [0.3, 0.4) is 0 Å². The molecule has 3 rings (SSSR count). The number of fused-ring (bicyclic) bond motifs is 1.